The Balaban J connectivity index is 5.32. The van der Waals surface area contributed by atoms with Gasteiger partial charge in [-0.25, -0.2) is 4.57 Å². The molecule has 0 spiro atoms. The molecule has 0 aromatic heterocycles. The Hall–Kier alpha value is -2.55. The summed E-state index contributed by atoms with van der Waals surface area (Å²) in [7, 11) is 1.48. The first-order valence-corrected chi connectivity index (χ1v) is 32.8. The maximum atomic E-state index is 13.5. The van der Waals surface area contributed by atoms with Crippen molar-refractivity contribution in [2.45, 2.75) is 290 Å². The first-order valence-electron chi connectivity index (χ1n) is 31.3. The number of amides is 1. The van der Waals surface area contributed by atoms with Crippen molar-refractivity contribution in [2.24, 2.45) is 0 Å². The average molecular weight is 1070 g/mol. The molecule has 0 aliphatic rings. The number of hydrogen-bond donors (Lipinski definition) is 2. The van der Waals surface area contributed by atoms with Crippen molar-refractivity contribution >= 4 is 19.7 Å². The molecule has 3 unspecified atom stereocenters. The number of unbranched alkanes of at least 4 members (excludes halogenated alkanes) is 30. The fourth-order valence-electron chi connectivity index (χ4n) is 8.74. The quantitative estimate of drug-likeness (QED) is 0.0205. The predicted molar refractivity (Wildman–Crippen MR) is 323 cm³/mol. The minimum absolute atomic E-state index is 0.0341. The van der Waals surface area contributed by atoms with Gasteiger partial charge in [0.2, 0.25) is 5.91 Å². The third-order valence-electron chi connectivity index (χ3n) is 13.6. The lowest BCUT2D eigenvalue weighted by molar-refractivity contribution is -0.870. The molecule has 0 aliphatic heterocycles. The standard InChI is InChI=1S/C65H119N2O7P/c1-7-10-13-16-19-22-25-28-30-31-32-33-34-35-37-40-43-46-49-52-55-58-65(69)74-63(56-53-50-47-44-41-38-27-24-21-18-15-12-9-3)62(61-73-75(70,71)72-60-59-67(4,5)6)66-64(68)57-54-51-48-45-42-39-36-29-26-23-20-17-14-11-8-2/h19,22-23,26,28,30,32-33,35,37,53,56,62-63H,7-18,20-21,24-25,27,29,31,34,36,38-52,54-55,57-61H2,1-6H3,(H-,66,68,70,71)/p+1/b22-19-,26-23-,30-28-,33-32-,37-35-,56-53-. The molecule has 75 heavy (non-hydrogen) atoms. The van der Waals surface area contributed by atoms with Crippen molar-refractivity contribution in [1.29, 1.82) is 0 Å². The molecule has 2 N–H and O–H groups in total. The summed E-state index contributed by atoms with van der Waals surface area (Å²) >= 11 is 0. The number of carbonyl (C=O) groups excluding carboxylic acids is 2. The van der Waals surface area contributed by atoms with Crippen molar-refractivity contribution in [3.63, 3.8) is 0 Å². The summed E-state index contributed by atoms with van der Waals surface area (Å²) in [6, 6.07) is -0.861. The molecule has 0 aromatic rings. The molecule has 0 heterocycles. The molecule has 0 aromatic carbocycles. The zero-order chi connectivity index (χ0) is 55.0. The van der Waals surface area contributed by atoms with Crippen LogP contribution in [-0.2, 0) is 27.9 Å². The normalized spacial score (nSPS) is 14.2. The van der Waals surface area contributed by atoms with Crippen molar-refractivity contribution in [1.82, 2.24) is 5.32 Å². The molecule has 0 aliphatic carbocycles. The van der Waals surface area contributed by atoms with Gasteiger partial charge in [-0.3, -0.25) is 18.6 Å². The Morgan fingerprint density at radius 1 is 0.467 bits per heavy atom. The summed E-state index contributed by atoms with van der Waals surface area (Å²) in [5.74, 6) is -0.528. The van der Waals surface area contributed by atoms with Crippen LogP contribution in [0.1, 0.15) is 278 Å². The van der Waals surface area contributed by atoms with E-state index in [-0.39, 0.29) is 31.5 Å². The molecular weight excluding hydrogens is 952 g/mol. The highest BCUT2D eigenvalue weighted by Gasteiger charge is 2.30. The smallest absolute Gasteiger partial charge is 0.456 e. The lowest BCUT2D eigenvalue weighted by atomic mass is 10.0. The zero-order valence-corrected chi connectivity index (χ0v) is 50.7. The summed E-state index contributed by atoms with van der Waals surface area (Å²) in [5, 5.41) is 3.05. The van der Waals surface area contributed by atoms with E-state index in [1.54, 1.807) is 0 Å². The number of ether oxygens (including phenoxy) is 1. The SMILES string of the molecule is CCCCC/C=C\C/C=C\C/C=C\C/C=C\CCCCCCCC(=O)OC(/C=C\CCCCCCCCCCCCC)C(COP(=O)(O)OCC[N+](C)(C)C)NC(=O)CCCCCCCCC/C=C\CCCCCC. The molecule has 9 nitrogen and oxygen atoms in total. The number of rotatable bonds is 56. The third-order valence-corrected chi connectivity index (χ3v) is 14.6. The number of nitrogens with one attached hydrogen (secondary N) is 1. The van der Waals surface area contributed by atoms with E-state index in [2.05, 4.69) is 86.8 Å². The van der Waals surface area contributed by atoms with E-state index in [0.29, 0.717) is 23.9 Å². The highest BCUT2D eigenvalue weighted by Crippen LogP contribution is 2.43. The maximum absolute atomic E-state index is 13.5. The molecule has 3 atom stereocenters. The number of likely N-dealkylation sites (N-methyl/N-ethyl adjacent to an activating group) is 1. The number of carbonyl (C=O) groups is 2. The molecule has 0 rings (SSSR count). The molecule has 0 fully saturated rings. The molecule has 436 valence electrons. The monoisotopic (exact) mass is 1070 g/mol. The number of hydrogen-bond acceptors (Lipinski definition) is 6. The van der Waals surface area contributed by atoms with Crippen LogP contribution in [0.4, 0.5) is 0 Å². The van der Waals surface area contributed by atoms with Crippen molar-refractivity contribution in [3.05, 3.63) is 72.9 Å². The topological polar surface area (TPSA) is 111 Å². The van der Waals surface area contributed by atoms with Crippen molar-refractivity contribution in [2.75, 3.05) is 40.9 Å². The second-order valence-electron chi connectivity index (χ2n) is 22.2. The highest BCUT2D eigenvalue weighted by atomic mass is 31.2. The van der Waals surface area contributed by atoms with Gasteiger partial charge in [0.1, 0.15) is 19.3 Å². The van der Waals surface area contributed by atoms with Gasteiger partial charge >= 0.3 is 13.8 Å². The van der Waals surface area contributed by atoms with Gasteiger partial charge in [-0.15, -0.1) is 0 Å². The number of allylic oxidation sites excluding steroid dienone is 11. The number of quaternary nitrogens is 1. The zero-order valence-electron chi connectivity index (χ0n) is 49.8. The molecular formula is C65H120N2O7P+. The van der Waals surface area contributed by atoms with Crippen LogP contribution in [-0.4, -0.2) is 74.3 Å². The fraction of sp³-hybridized carbons (Fsp3) is 0.785. The highest BCUT2D eigenvalue weighted by molar-refractivity contribution is 7.47. The maximum Gasteiger partial charge on any atom is 0.472 e. The van der Waals surface area contributed by atoms with Gasteiger partial charge in [0, 0.05) is 12.8 Å². The Kier molecular flexibility index (Phi) is 52.9. The van der Waals surface area contributed by atoms with E-state index < -0.39 is 20.0 Å². The summed E-state index contributed by atoms with van der Waals surface area (Å²) in [6.07, 6.45) is 70.3. The molecule has 10 heteroatoms. The Bertz CT molecular complexity index is 1510. The summed E-state index contributed by atoms with van der Waals surface area (Å²) in [6.45, 7) is 6.97. The fourth-order valence-corrected chi connectivity index (χ4v) is 9.48. The first-order chi connectivity index (χ1) is 36.4. The van der Waals surface area contributed by atoms with Crippen LogP contribution >= 0.6 is 7.82 Å². The second-order valence-corrected chi connectivity index (χ2v) is 23.7. The molecule has 0 saturated carbocycles. The van der Waals surface area contributed by atoms with Crippen LogP contribution in [0.3, 0.4) is 0 Å². The lowest BCUT2D eigenvalue weighted by Crippen LogP contribution is -2.47. The van der Waals surface area contributed by atoms with Crippen LogP contribution in [0.15, 0.2) is 72.9 Å². The average Bonchev–Trinajstić information content (AvgIpc) is 3.37. The number of phosphoric acid groups is 1. The van der Waals surface area contributed by atoms with Gasteiger partial charge in [0.25, 0.3) is 0 Å². The predicted octanol–water partition coefficient (Wildman–Crippen LogP) is 19.2. The van der Waals surface area contributed by atoms with E-state index in [1.165, 1.54) is 135 Å². The van der Waals surface area contributed by atoms with Crippen LogP contribution in [0, 0.1) is 0 Å². The van der Waals surface area contributed by atoms with Gasteiger partial charge < -0.3 is 19.4 Å². The summed E-state index contributed by atoms with van der Waals surface area (Å²) in [5.41, 5.74) is 0. The van der Waals surface area contributed by atoms with E-state index in [9.17, 15) is 19.0 Å². The first kappa shape index (κ1) is 72.5. The number of esters is 1. The second kappa shape index (κ2) is 54.8. The molecule has 0 radical (unpaired) electrons. The molecule has 1 amide bonds. The number of phosphoric ester groups is 1. The van der Waals surface area contributed by atoms with Crippen LogP contribution in [0.2, 0.25) is 0 Å². The van der Waals surface area contributed by atoms with Gasteiger partial charge in [-0.1, -0.05) is 235 Å². The van der Waals surface area contributed by atoms with E-state index in [1.807, 2.05) is 33.3 Å². The third kappa shape index (κ3) is 56.0. The van der Waals surface area contributed by atoms with Gasteiger partial charge in [-0.2, -0.15) is 0 Å². The van der Waals surface area contributed by atoms with Gasteiger partial charge in [0.15, 0.2) is 0 Å². The van der Waals surface area contributed by atoms with E-state index >= 15 is 0 Å². The van der Waals surface area contributed by atoms with Gasteiger partial charge in [-0.05, 0) is 102 Å². The van der Waals surface area contributed by atoms with Gasteiger partial charge in [0.05, 0.1) is 33.8 Å². The van der Waals surface area contributed by atoms with Crippen molar-refractivity contribution < 1.29 is 37.3 Å². The largest absolute Gasteiger partial charge is 0.472 e. The Morgan fingerprint density at radius 2 is 0.813 bits per heavy atom. The Labute approximate surface area is 463 Å². The molecule has 0 saturated heterocycles. The van der Waals surface area contributed by atoms with Crippen LogP contribution in [0.5, 0.6) is 0 Å². The Morgan fingerprint density at radius 3 is 1.27 bits per heavy atom. The number of nitrogens with zero attached hydrogens (tertiary/aromatic N) is 1. The lowest BCUT2D eigenvalue weighted by Gasteiger charge is -2.27. The summed E-state index contributed by atoms with van der Waals surface area (Å²) in [4.78, 5) is 37.7. The van der Waals surface area contributed by atoms with E-state index in [0.717, 1.165) is 103 Å². The van der Waals surface area contributed by atoms with E-state index in [4.69, 9.17) is 13.8 Å². The minimum atomic E-state index is -4.46. The molecule has 0 bridgehead atoms. The van der Waals surface area contributed by atoms with Crippen LogP contribution < -0.4 is 5.32 Å². The van der Waals surface area contributed by atoms with Crippen LogP contribution in [0.25, 0.3) is 0 Å². The summed E-state index contributed by atoms with van der Waals surface area (Å²) < 4.78 is 30.7. The minimum Gasteiger partial charge on any atom is -0.456 e. The van der Waals surface area contributed by atoms with Crippen molar-refractivity contribution in [3.8, 4) is 0 Å².